The fourth-order valence-electron chi connectivity index (χ4n) is 1.31. The Labute approximate surface area is 110 Å². The van der Waals surface area contributed by atoms with Gasteiger partial charge in [-0.2, -0.15) is 0 Å². The highest BCUT2D eigenvalue weighted by atomic mass is 19.4. The van der Waals surface area contributed by atoms with Crippen LogP contribution in [0.25, 0.3) is 0 Å². The Morgan fingerprint density at radius 2 is 1.95 bits per heavy atom. The van der Waals surface area contributed by atoms with Gasteiger partial charge in [-0.15, -0.1) is 13.2 Å². The Bertz CT molecular complexity index is 516. The van der Waals surface area contributed by atoms with Crippen LogP contribution in [0.5, 0.6) is 5.75 Å². The molecule has 1 aromatic carbocycles. The lowest BCUT2D eigenvalue weighted by Crippen LogP contribution is -2.28. The Morgan fingerprint density at radius 3 is 2.50 bits per heavy atom. The molecule has 20 heavy (non-hydrogen) atoms. The fraction of sp³-hybridized carbons (Fsp3) is 0.273. The number of amides is 1. The van der Waals surface area contributed by atoms with Crippen LogP contribution in [0.4, 0.5) is 17.6 Å². The van der Waals surface area contributed by atoms with Gasteiger partial charge in [-0.3, -0.25) is 9.59 Å². The number of hydrogen-bond donors (Lipinski definition) is 2. The molecule has 0 aliphatic carbocycles. The van der Waals surface area contributed by atoms with E-state index in [-0.39, 0.29) is 6.54 Å². The molecule has 1 aromatic rings. The van der Waals surface area contributed by atoms with Crippen LogP contribution in [0.2, 0.25) is 0 Å². The quantitative estimate of drug-likeness (QED) is 0.814. The van der Waals surface area contributed by atoms with E-state index in [4.69, 9.17) is 5.11 Å². The molecule has 1 amide bonds. The summed E-state index contributed by atoms with van der Waals surface area (Å²) in [6.45, 7) is -0.353. The summed E-state index contributed by atoms with van der Waals surface area (Å²) >= 11 is 0. The summed E-state index contributed by atoms with van der Waals surface area (Å²) in [7, 11) is 0. The van der Waals surface area contributed by atoms with Crippen molar-refractivity contribution in [3.05, 3.63) is 29.6 Å². The Hall–Kier alpha value is -2.32. The molecule has 5 nitrogen and oxygen atoms in total. The van der Waals surface area contributed by atoms with Crippen LogP contribution in [0.15, 0.2) is 18.2 Å². The Morgan fingerprint density at radius 1 is 1.30 bits per heavy atom. The van der Waals surface area contributed by atoms with Gasteiger partial charge in [0.05, 0.1) is 6.42 Å². The molecule has 9 heteroatoms. The van der Waals surface area contributed by atoms with Crippen molar-refractivity contribution in [3.8, 4) is 5.75 Å². The second-order valence-electron chi connectivity index (χ2n) is 3.56. The van der Waals surface area contributed by atoms with E-state index in [0.29, 0.717) is 0 Å². The second kappa shape index (κ2) is 6.22. The molecule has 0 heterocycles. The zero-order valence-electron chi connectivity index (χ0n) is 9.83. The first-order chi connectivity index (χ1) is 9.20. The second-order valence-corrected chi connectivity index (χ2v) is 3.56. The van der Waals surface area contributed by atoms with Crippen molar-refractivity contribution in [2.75, 3.05) is 6.54 Å². The number of aliphatic carboxylic acids is 1. The number of nitrogens with one attached hydrogen (secondary N) is 1. The summed E-state index contributed by atoms with van der Waals surface area (Å²) in [6.07, 6.45) is -5.53. The molecule has 1 rings (SSSR count). The van der Waals surface area contributed by atoms with Crippen LogP contribution >= 0.6 is 0 Å². The lowest BCUT2D eigenvalue weighted by atomic mass is 10.1. The van der Waals surface area contributed by atoms with Crippen LogP contribution in [0, 0.1) is 5.82 Å². The number of carbonyl (C=O) groups is 2. The van der Waals surface area contributed by atoms with E-state index in [0.717, 1.165) is 18.2 Å². The molecule has 0 aliphatic heterocycles. The molecule has 0 saturated heterocycles. The minimum absolute atomic E-state index is 0.353. The summed E-state index contributed by atoms with van der Waals surface area (Å²) in [4.78, 5) is 21.8. The van der Waals surface area contributed by atoms with Crippen LogP contribution in [-0.4, -0.2) is 29.9 Å². The normalized spacial score (nSPS) is 11.0. The van der Waals surface area contributed by atoms with E-state index in [1.165, 1.54) is 0 Å². The summed E-state index contributed by atoms with van der Waals surface area (Å²) in [6, 6.07) is 2.52. The average molecular weight is 295 g/mol. The van der Waals surface area contributed by atoms with Crippen LogP contribution in [0.1, 0.15) is 16.8 Å². The average Bonchev–Trinajstić information content (AvgIpc) is 2.25. The molecule has 0 bridgehead atoms. The third-order valence-electron chi connectivity index (χ3n) is 2.05. The maximum atomic E-state index is 13.4. The number of carboxylic acid groups (broad SMARTS) is 1. The molecule has 0 spiro atoms. The highest BCUT2D eigenvalue weighted by Gasteiger charge is 2.33. The summed E-state index contributed by atoms with van der Waals surface area (Å²) in [5.74, 6) is -4.61. The Balaban J connectivity index is 2.92. The van der Waals surface area contributed by atoms with E-state index in [2.05, 4.69) is 4.74 Å². The van der Waals surface area contributed by atoms with Crippen LogP contribution in [-0.2, 0) is 4.79 Å². The van der Waals surface area contributed by atoms with E-state index in [1.54, 1.807) is 0 Å². The molecular formula is C11H9F4NO4. The zero-order valence-corrected chi connectivity index (χ0v) is 9.83. The minimum atomic E-state index is -5.08. The van der Waals surface area contributed by atoms with Gasteiger partial charge < -0.3 is 15.2 Å². The number of rotatable bonds is 5. The van der Waals surface area contributed by atoms with E-state index < -0.39 is 41.8 Å². The molecule has 0 aliphatic rings. The van der Waals surface area contributed by atoms with Crippen molar-refractivity contribution in [1.82, 2.24) is 5.32 Å². The van der Waals surface area contributed by atoms with Gasteiger partial charge >= 0.3 is 12.3 Å². The highest BCUT2D eigenvalue weighted by Crippen LogP contribution is 2.27. The van der Waals surface area contributed by atoms with Gasteiger partial charge in [-0.25, -0.2) is 4.39 Å². The molecule has 0 saturated carbocycles. The van der Waals surface area contributed by atoms with Gasteiger partial charge in [0, 0.05) is 6.54 Å². The molecule has 0 atom stereocenters. The number of halogens is 4. The topological polar surface area (TPSA) is 75.6 Å². The van der Waals surface area contributed by atoms with Gasteiger partial charge in [0.1, 0.15) is 17.1 Å². The van der Waals surface area contributed by atoms with Gasteiger partial charge in [0.15, 0.2) is 0 Å². The number of carboxylic acids is 1. The number of alkyl halides is 3. The van der Waals surface area contributed by atoms with Crippen LogP contribution in [0.3, 0.4) is 0 Å². The van der Waals surface area contributed by atoms with Crippen molar-refractivity contribution < 1.29 is 37.0 Å². The summed E-state index contributed by atoms with van der Waals surface area (Å²) in [5, 5.41) is 10.4. The number of ether oxygens (including phenoxy) is 1. The lowest BCUT2D eigenvalue weighted by molar-refractivity contribution is -0.274. The predicted octanol–water partition coefficient (Wildman–Crippen LogP) is 1.93. The van der Waals surface area contributed by atoms with Crippen molar-refractivity contribution in [2.24, 2.45) is 0 Å². The van der Waals surface area contributed by atoms with Gasteiger partial charge in [0.25, 0.3) is 5.91 Å². The van der Waals surface area contributed by atoms with Crippen molar-refractivity contribution >= 4 is 11.9 Å². The van der Waals surface area contributed by atoms with Crippen molar-refractivity contribution in [3.63, 3.8) is 0 Å². The van der Waals surface area contributed by atoms with Gasteiger partial charge in [-0.1, -0.05) is 6.07 Å². The molecular weight excluding hydrogens is 286 g/mol. The minimum Gasteiger partial charge on any atom is -0.481 e. The number of benzene rings is 1. The number of carbonyl (C=O) groups excluding carboxylic acids is 1. The fourth-order valence-corrected chi connectivity index (χ4v) is 1.31. The van der Waals surface area contributed by atoms with Crippen molar-refractivity contribution in [2.45, 2.75) is 12.8 Å². The smallest absolute Gasteiger partial charge is 0.481 e. The van der Waals surface area contributed by atoms with Crippen LogP contribution < -0.4 is 10.1 Å². The maximum Gasteiger partial charge on any atom is 0.573 e. The van der Waals surface area contributed by atoms with E-state index in [1.807, 2.05) is 5.32 Å². The molecule has 0 aromatic heterocycles. The third-order valence-corrected chi connectivity index (χ3v) is 2.05. The molecule has 0 unspecified atom stereocenters. The summed E-state index contributed by atoms with van der Waals surface area (Å²) in [5.41, 5.74) is -0.935. The first-order valence-electron chi connectivity index (χ1n) is 5.25. The molecule has 0 radical (unpaired) electrons. The molecule has 0 fully saturated rings. The molecule has 110 valence electrons. The highest BCUT2D eigenvalue weighted by molar-refractivity contribution is 5.97. The standard InChI is InChI=1S/C11H9F4NO4/c12-6-2-1-3-7(20-11(13,14)15)9(6)10(19)16-5-4-8(17)18/h1-3H,4-5H2,(H,16,19)(H,17,18). The monoisotopic (exact) mass is 295 g/mol. The SMILES string of the molecule is O=C(O)CCNC(=O)c1c(F)cccc1OC(F)(F)F. The maximum absolute atomic E-state index is 13.4. The van der Waals surface area contributed by atoms with Gasteiger partial charge in [-0.05, 0) is 12.1 Å². The lowest BCUT2D eigenvalue weighted by Gasteiger charge is -2.13. The van der Waals surface area contributed by atoms with Gasteiger partial charge in [0.2, 0.25) is 0 Å². The Kier molecular flexibility index (Phi) is 4.89. The first kappa shape index (κ1) is 15.7. The van der Waals surface area contributed by atoms with E-state index in [9.17, 15) is 27.2 Å². The predicted molar refractivity (Wildman–Crippen MR) is 57.7 cm³/mol. The first-order valence-corrected chi connectivity index (χ1v) is 5.25. The third kappa shape index (κ3) is 4.75. The molecule has 2 N–H and O–H groups in total. The largest absolute Gasteiger partial charge is 0.573 e. The number of hydrogen-bond acceptors (Lipinski definition) is 3. The van der Waals surface area contributed by atoms with E-state index >= 15 is 0 Å². The zero-order chi connectivity index (χ0) is 15.3. The van der Waals surface area contributed by atoms with Crippen molar-refractivity contribution in [1.29, 1.82) is 0 Å². The summed E-state index contributed by atoms with van der Waals surface area (Å²) < 4.78 is 53.3.